The molecule has 2 atom stereocenters. The van der Waals surface area contributed by atoms with Gasteiger partial charge in [-0.3, -0.25) is 0 Å². The van der Waals surface area contributed by atoms with Crippen molar-refractivity contribution >= 4 is 11.6 Å². The molecule has 26 heavy (non-hydrogen) atoms. The molecular weight excluding hydrogens is 329 g/mol. The van der Waals surface area contributed by atoms with Crippen molar-refractivity contribution in [2.24, 2.45) is 0 Å². The lowest BCUT2D eigenvalue weighted by atomic mass is 10.1. The van der Waals surface area contributed by atoms with Crippen LogP contribution in [0.1, 0.15) is 17.9 Å². The summed E-state index contributed by atoms with van der Waals surface area (Å²) in [4.78, 5) is 8.82. The molecule has 0 saturated heterocycles. The quantitative estimate of drug-likeness (QED) is 0.609. The third-order valence-electron chi connectivity index (χ3n) is 4.72. The summed E-state index contributed by atoms with van der Waals surface area (Å²) in [5, 5.41) is 7.79. The van der Waals surface area contributed by atoms with Gasteiger partial charge in [0.15, 0.2) is 0 Å². The van der Waals surface area contributed by atoms with E-state index in [9.17, 15) is 4.39 Å². The molecule has 1 aliphatic carbocycles. The van der Waals surface area contributed by atoms with E-state index in [1.165, 1.54) is 12.4 Å². The van der Waals surface area contributed by atoms with E-state index >= 15 is 0 Å². The summed E-state index contributed by atoms with van der Waals surface area (Å²) in [6, 6.07) is 19.0. The van der Waals surface area contributed by atoms with Gasteiger partial charge in [-0.1, -0.05) is 42.5 Å². The maximum atomic E-state index is 13.5. The second-order valence-electron chi connectivity index (χ2n) is 6.51. The molecular formula is C20H16FN5. The second kappa shape index (κ2) is 5.91. The van der Waals surface area contributed by atoms with Gasteiger partial charge in [-0.25, -0.2) is 9.37 Å². The fourth-order valence-electron chi connectivity index (χ4n) is 3.32. The third-order valence-corrected chi connectivity index (χ3v) is 4.72. The lowest BCUT2D eigenvalue weighted by Crippen LogP contribution is -2.10. The van der Waals surface area contributed by atoms with Crippen LogP contribution >= 0.6 is 0 Å². The Morgan fingerprint density at radius 2 is 1.92 bits per heavy atom. The summed E-state index contributed by atoms with van der Waals surface area (Å²) in [6.45, 7) is 0. The minimum absolute atomic E-state index is 0.193. The zero-order chi connectivity index (χ0) is 17.5. The van der Waals surface area contributed by atoms with Crippen LogP contribution in [0.5, 0.6) is 0 Å². The molecule has 0 aliphatic heterocycles. The van der Waals surface area contributed by atoms with Crippen molar-refractivity contribution in [2.45, 2.75) is 18.4 Å². The van der Waals surface area contributed by atoms with Crippen molar-refractivity contribution in [1.29, 1.82) is 0 Å². The SMILES string of the molecule is Fc1cccc([C@@H]2C[C@H]2Nc2cc(-c3ccccc3)nc3ncnn23)c1. The number of aromatic nitrogens is 4. The zero-order valence-corrected chi connectivity index (χ0v) is 13.9. The summed E-state index contributed by atoms with van der Waals surface area (Å²) in [6.07, 6.45) is 2.46. The van der Waals surface area contributed by atoms with Gasteiger partial charge in [0.25, 0.3) is 5.78 Å². The Balaban J connectivity index is 1.47. The van der Waals surface area contributed by atoms with Crippen LogP contribution in [0.3, 0.4) is 0 Å². The number of nitrogens with one attached hydrogen (secondary N) is 1. The highest BCUT2D eigenvalue weighted by atomic mass is 19.1. The molecule has 128 valence electrons. The molecule has 1 saturated carbocycles. The van der Waals surface area contributed by atoms with Crippen LogP contribution in [0.2, 0.25) is 0 Å². The third kappa shape index (κ3) is 2.69. The van der Waals surface area contributed by atoms with Gasteiger partial charge in [-0.05, 0) is 24.1 Å². The Bertz CT molecular complexity index is 1080. The standard InChI is InChI=1S/C20H16FN5/c21-15-8-4-7-14(9-15)16-10-18(16)24-19-11-17(13-5-2-1-3-6-13)25-20-22-12-23-26(19)20/h1-9,11-12,16,18,24H,10H2/t16-,18+/m0/s1. The van der Waals surface area contributed by atoms with E-state index in [2.05, 4.69) is 20.4 Å². The van der Waals surface area contributed by atoms with Crippen LogP contribution in [-0.4, -0.2) is 25.6 Å². The fourth-order valence-corrected chi connectivity index (χ4v) is 3.32. The molecule has 0 spiro atoms. The summed E-state index contributed by atoms with van der Waals surface area (Å²) < 4.78 is 15.2. The van der Waals surface area contributed by atoms with Gasteiger partial charge in [-0.2, -0.15) is 14.6 Å². The van der Waals surface area contributed by atoms with Crippen molar-refractivity contribution in [3.05, 3.63) is 78.4 Å². The first-order valence-corrected chi connectivity index (χ1v) is 8.56. The Hall–Kier alpha value is -3.28. The van der Waals surface area contributed by atoms with E-state index < -0.39 is 0 Å². The highest BCUT2D eigenvalue weighted by Crippen LogP contribution is 2.43. The Labute approximate surface area is 149 Å². The molecule has 1 aliphatic rings. The van der Waals surface area contributed by atoms with Gasteiger partial charge in [-0.15, -0.1) is 0 Å². The zero-order valence-electron chi connectivity index (χ0n) is 13.9. The molecule has 5 nitrogen and oxygen atoms in total. The van der Waals surface area contributed by atoms with E-state index in [0.717, 1.165) is 29.1 Å². The van der Waals surface area contributed by atoms with Crippen LogP contribution in [0, 0.1) is 5.82 Å². The molecule has 1 fully saturated rings. The number of halogens is 1. The normalized spacial score (nSPS) is 18.8. The summed E-state index contributed by atoms with van der Waals surface area (Å²) >= 11 is 0. The van der Waals surface area contributed by atoms with Crippen molar-refractivity contribution < 1.29 is 4.39 Å². The minimum atomic E-state index is -0.193. The maximum Gasteiger partial charge on any atom is 0.254 e. The Kier molecular flexibility index (Phi) is 3.41. The molecule has 1 N–H and O–H groups in total. The summed E-state index contributed by atoms with van der Waals surface area (Å²) in [5.41, 5.74) is 2.89. The minimum Gasteiger partial charge on any atom is -0.366 e. The Morgan fingerprint density at radius 1 is 1.04 bits per heavy atom. The summed E-state index contributed by atoms with van der Waals surface area (Å²) in [5.74, 6) is 1.51. The number of fused-ring (bicyclic) bond motifs is 1. The molecule has 0 unspecified atom stereocenters. The average molecular weight is 345 g/mol. The lowest BCUT2D eigenvalue weighted by Gasteiger charge is -2.10. The van der Waals surface area contributed by atoms with E-state index in [4.69, 9.17) is 0 Å². The Morgan fingerprint density at radius 3 is 2.77 bits per heavy atom. The molecule has 5 rings (SSSR count). The summed E-state index contributed by atoms with van der Waals surface area (Å²) in [7, 11) is 0. The number of benzene rings is 2. The van der Waals surface area contributed by atoms with Gasteiger partial charge in [0.1, 0.15) is 18.0 Å². The smallest absolute Gasteiger partial charge is 0.254 e. The van der Waals surface area contributed by atoms with Gasteiger partial charge < -0.3 is 5.32 Å². The predicted octanol–water partition coefficient (Wildman–Crippen LogP) is 3.90. The first kappa shape index (κ1) is 15.0. The number of hydrogen-bond acceptors (Lipinski definition) is 4. The van der Waals surface area contributed by atoms with Crippen LogP contribution in [0.4, 0.5) is 10.2 Å². The highest BCUT2D eigenvalue weighted by Gasteiger charge is 2.39. The van der Waals surface area contributed by atoms with Crippen molar-refractivity contribution in [1.82, 2.24) is 19.6 Å². The molecule has 2 heterocycles. The van der Waals surface area contributed by atoms with Gasteiger partial charge >= 0.3 is 0 Å². The fraction of sp³-hybridized carbons (Fsp3) is 0.150. The molecule has 0 amide bonds. The molecule has 0 radical (unpaired) electrons. The topological polar surface area (TPSA) is 55.1 Å². The van der Waals surface area contributed by atoms with Crippen LogP contribution in [-0.2, 0) is 0 Å². The van der Waals surface area contributed by atoms with Crippen molar-refractivity contribution in [3.8, 4) is 11.3 Å². The lowest BCUT2D eigenvalue weighted by molar-refractivity contribution is 0.625. The predicted molar refractivity (Wildman–Crippen MR) is 97.4 cm³/mol. The first-order chi connectivity index (χ1) is 12.8. The maximum absolute atomic E-state index is 13.5. The van der Waals surface area contributed by atoms with Crippen molar-refractivity contribution in [2.75, 3.05) is 5.32 Å². The first-order valence-electron chi connectivity index (χ1n) is 8.56. The van der Waals surface area contributed by atoms with E-state index in [1.807, 2.05) is 42.5 Å². The van der Waals surface area contributed by atoms with Crippen molar-refractivity contribution in [3.63, 3.8) is 0 Å². The van der Waals surface area contributed by atoms with Crippen LogP contribution < -0.4 is 5.32 Å². The number of rotatable bonds is 4. The van der Waals surface area contributed by atoms with Gasteiger partial charge in [0, 0.05) is 23.6 Å². The van der Waals surface area contributed by atoms with E-state index in [-0.39, 0.29) is 11.9 Å². The van der Waals surface area contributed by atoms with Crippen LogP contribution in [0.15, 0.2) is 67.0 Å². The van der Waals surface area contributed by atoms with Gasteiger partial charge in [0.2, 0.25) is 0 Å². The average Bonchev–Trinajstić information content (AvgIpc) is 3.26. The molecule has 2 aromatic carbocycles. The van der Waals surface area contributed by atoms with E-state index in [1.54, 1.807) is 16.6 Å². The number of hydrogen-bond donors (Lipinski definition) is 1. The molecule has 2 aromatic heterocycles. The number of nitrogens with zero attached hydrogens (tertiary/aromatic N) is 4. The van der Waals surface area contributed by atoms with Gasteiger partial charge in [0.05, 0.1) is 5.69 Å². The largest absolute Gasteiger partial charge is 0.366 e. The highest BCUT2D eigenvalue weighted by molar-refractivity contribution is 5.65. The molecule has 6 heteroatoms. The molecule has 4 aromatic rings. The second-order valence-corrected chi connectivity index (χ2v) is 6.51. The molecule has 0 bridgehead atoms. The van der Waals surface area contributed by atoms with Crippen LogP contribution in [0.25, 0.3) is 17.0 Å². The number of anilines is 1. The van der Waals surface area contributed by atoms with E-state index in [0.29, 0.717) is 11.7 Å². The monoisotopic (exact) mass is 345 g/mol.